The zero-order valence-electron chi connectivity index (χ0n) is 17.7. The van der Waals surface area contributed by atoms with Crippen molar-refractivity contribution in [1.82, 2.24) is 0 Å². The molecule has 0 aromatic rings. The van der Waals surface area contributed by atoms with E-state index in [1.54, 1.807) is 0 Å². The summed E-state index contributed by atoms with van der Waals surface area (Å²) in [6, 6.07) is 0. The third kappa shape index (κ3) is 5.37. The second-order valence-corrected chi connectivity index (χ2v) is 8.34. The largest absolute Gasteiger partial charge is 0.394 e. The Kier molecular flexibility index (Phi) is 9.54. The summed E-state index contributed by atoms with van der Waals surface area (Å²) in [5.74, 6) is 0. The highest BCUT2D eigenvalue weighted by molar-refractivity contribution is 4.95. The van der Waals surface area contributed by atoms with E-state index in [2.05, 4.69) is 0 Å². The van der Waals surface area contributed by atoms with E-state index < -0.39 is 112 Å². The van der Waals surface area contributed by atoms with Crippen molar-refractivity contribution in [3.8, 4) is 0 Å². The fourth-order valence-electron chi connectivity index (χ4n) is 3.97. The van der Waals surface area contributed by atoms with Crippen LogP contribution in [0.2, 0.25) is 0 Å². The summed E-state index contributed by atoms with van der Waals surface area (Å²) in [4.78, 5) is 0. The first kappa shape index (κ1) is 27.9. The topological polar surface area (TPSA) is 269 Å². The Morgan fingerprint density at radius 1 is 0.412 bits per heavy atom. The predicted octanol–water partition coefficient (Wildman–Crippen LogP) is -7.57. The van der Waals surface area contributed by atoms with Gasteiger partial charge in [0, 0.05) is 0 Å². The van der Waals surface area contributed by atoms with Gasteiger partial charge < -0.3 is 79.9 Å². The maximum atomic E-state index is 10.7. The van der Waals surface area contributed by atoms with Gasteiger partial charge in [-0.3, -0.25) is 0 Å². The van der Waals surface area contributed by atoms with Gasteiger partial charge in [0.25, 0.3) is 0 Å². The Morgan fingerprint density at radius 3 is 1.18 bits per heavy atom. The molecule has 0 bridgehead atoms. The molecule has 1 unspecified atom stereocenters. The Bertz CT molecular complexity index is 637. The molecule has 16 heteroatoms. The van der Waals surface area contributed by atoms with Crippen LogP contribution < -0.4 is 0 Å². The highest BCUT2D eigenvalue weighted by Gasteiger charge is 2.53. The summed E-state index contributed by atoms with van der Waals surface area (Å²) < 4.78 is 26.5. The second kappa shape index (κ2) is 11.6. The molecule has 3 fully saturated rings. The maximum absolute atomic E-state index is 10.7. The van der Waals surface area contributed by atoms with E-state index in [0.29, 0.717) is 0 Å². The van der Waals surface area contributed by atoms with Crippen molar-refractivity contribution < 1.29 is 79.9 Å². The minimum Gasteiger partial charge on any atom is -0.394 e. The van der Waals surface area contributed by atoms with Crippen LogP contribution in [0.25, 0.3) is 0 Å². The molecule has 34 heavy (non-hydrogen) atoms. The molecule has 3 rings (SSSR count). The van der Waals surface area contributed by atoms with Crippen LogP contribution in [-0.4, -0.2) is 168 Å². The number of aliphatic hydroxyl groups is 11. The quantitative estimate of drug-likeness (QED) is 0.154. The Balaban J connectivity index is 1.76. The normalized spacial score (nSPS) is 52.5. The van der Waals surface area contributed by atoms with Gasteiger partial charge in [0.05, 0.1) is 19.8 Å². The van der Waals surface area contributed by atoms with Gasteiger partial charge in [-0.25, -0.2) is 0 Å². The number of ether oxygens (including phenoxy) is 5. The van der Waals surface area contributed by atoms with Gasteiger partial charge in [-0.05, 0) is 0 Å². The van der Waals surface area contributed by atoms with Gasteiger partial charge >= 0.3 is 0 Å². The van der Waals surface area contributed by atoms with Gasteiger partial charge in [0.2, 0.25) is 0 Å². The van der Waals surface area contributed by atoms with Crippen LogP contribution in [-0.2, 0) is 23.7 Å². The predicted molar refractivity (Wildman–Crippen MR) is 101 cm³/mol. The number of hydrogen-bond acceptors (Lipinski definition) is 16. The maximum Gasteiger partial charge on any atom is 0.189 e. The molecule has 3 aliphatic rings. The molecule has 3 saturated heterocycles. The zero-order valence-corrected chi connectivity index (χ0v) is 17.7. The van der Waals surface area contributed by atoms with Gasteiger partial charge in [-0.15, -0.1) is 0 Å². The van der Waals surface area contributed by atoms with Gasteiger partial charge in [-0.1, -0.05) is 0 Å². The fraction of sp³-hybridized carbons (Fsp3) is 1.00. The van der Waals surface area contributed by atoms with Crippen molar-refractivity contribution in [2.24, 2.45) is 0 Å². The molecular weight excluding hydrogens is 472 g/mol. The Labute approximate surface area is 192 Å². The highest BCUT2D eigenvalue weighted by atomic mass is 16.8. The van der Waals surface area contributed by atoms with Crippen molar-refractivity contribution >= 4 is 0 Å². The van der Waals surface area contributed by atoms with Gasteiger partial charge in [-0.2, -0.15) is 0 Å². The zero-order chi connectivity index (χ0) is 25.3. The molecule has 200 valence electrons. The summed E-state index contributed by atoms with van der Waals surface area (Å²) in [5.41, 5.74) is 0. The average Bonchev–Trinajstić information content (AvgIpc) is 2.83. The molecule has 3 aliphatic heterocycles. The highest BCUT2D eigenvalue weighted by Crippen LogP contribution is 2.31. The van der Waals surface area contributed by atoms with Crippen LogP contribution >= 0.6 is 0 Å². The third-order valence-corrected chi connectivity index (χ3v) is 6.08. The molecule has 16 nitrogen and oxygen atoms in total. The summed E-state index contributed by atoms with van der Waals surface area (Å²) in [6.07, 6.45) is -25.4. The van der Waals surface area contributed by atoms with Crippen molar-refractivity contribution in [1.29, 1.82) is 0 Å². The van der Waals surface area contributed by atoms with Gasteiger partial charge in [0.15, 0.2) is 18.9 Å². The lowest BCUT2D eigenvalue weighted by Crippen LogP contribution is -2.66. The lowest BCUT2D eigenvalue weighted by atomic mass is 9.96. The molecule has 3 heterocycles. The van der Waals surface area contributed by atoms with Crippen LogP contribution in [0, 0.1) is 0 Å². The van der Waals surface area contributed by atoms with Crippen LogP contribution in [0.5, 0.6) is 0 Å². The summed E-state index contributed by atoms with van der Waals surface area (Å²) in [5, 5.41) is 109. The molecule has 0 saturated carbocycles. The van der Waals surface area contributed by atoms with Crippen LogP contribution in [0.4, 0.5) is 0 Å². The van der Waals surface area contributed by atoms with E-state index in [1.807, 2.05) is 0 Å². The number of hydrogen-bond donors (Lipinski definition) is 11. The molecule has 0 radical (unpaired) electrons. The molecule has 0 spiro atoms. The average molecular weight is 504 g/mol. The lowest BCUT2D eigenvalue weighted by Gasteiger charge is -2.47. The van der Waals surface area contributed by atoms with E-state index >= 15 is 0 Å². The first-order chi connectivity index (χ1) is 16.0. The van der Waals surface area contributed by atoms with E-state index in [1.165, 1.54) is 0 Å². The standard InChI is InChI=1S/C18H32O16/c19-1-4-7(22)10(25)12(27)16(30-4)33-15-9(24)6(3-21)32-18(14(15)29)34-17-13(28)11(26)8(23)5(2-20)31-17/h4-29H,1-3H2/t4-,5-,6-,7-,8-,9-,10+,11+,12-,13-,14-,15+,16?,17-,18-/m1/s1. The molecule has 0 aliphatic carbocycles. The van der Waals surface area contributed by atoms with E-state index in [4.69, 9.17) is 23.7 Å². The molecule has 15 atom stereocenters. The fourth-order valence-corrected chi connectivity index (χ4v) is 3.97. The number of aliphatic hydroxyl groups excluding tert-OH is 11. The van der Waals surface area contributed by atoms with E-state index in [-0.39, 0.29) is 0 Å². The minimum absolute atomic E-state index is 0.750. The third-order valence-electron chi connectivity index (χ3n) is 6.08. The minimum atomic E-state index is -1.91. The smallest absolute Gasteiger partial charge is 0.189 e. The molecule has 0 aromatic carbocycles. The van der Waals surface area contributed by atoms with Crippen LogP contribution in [0.1, 0.15) is 0 Å². The summed E-state index contributed by atoms with van der Waals surface area (Å²) >= 11 is 0. The number of rotatable bonds is 7. The first-order valence-corrected chi connectivity index (χ1v) is 10.6. The second-order valence-electron chi connectivity index (χ2n) is 8.34. The van der Waals surface area contributed by atoms with E-state index in [0.717, 1.165) is 0 Å². The SMILES string of the molecule is OC[C@H]1O[C@H](O[C@H]2O[C@H](CO)[C@@H](O)[C@H](OC3O[C@H](CO)[C@@H](O)[C@H](O)[C@H]3O)[C@H]2O)[C@H](O)[C@@H](O)[C@@H]1O. The molecule has 0 aromatic heterocycles. The molecule has 0 amide bonds. The monoisotopic (exact) mass is 504 g/mol. The van der Waals surface area contributed by atoms with Crippen LogP contribution in [0.3, 0.4) is 0 Å². The van der Waals surface area contributed by atoms with E-state index in [9.17, 15) is 56.2 Å². The molecule has 11 N–H and O–H groups in total. The van der Waals surface area contributed by atoms with Crippen molar-refractivity contribution in [3.05, 3.63) is 0 Å². The lowest BCUT2D eigenvalue weighted by molar-refractivity contribution is -0.393. The Hall–Kier alpha value is -0.640. The van der Waals surface area contributed by atoms with Gasteiger partial charge in [0.1, 0.15) is 73.2 Å². The Morgan fingerprint density at radius 2 is 0.765 bits per heavy atom. The van der Waals surface area contributed by atoms with Crippen LogP contribution in [0.15, 0.2) is 0 Å². The summed E-state index contributed by atoms with van der Waals surface area (Å²) in [6.45, 7) is -2.32. The van der Waals surface area contributed by atoms with Crippen molar-refractivity contribution in [2.45, 2.75) is 92.1 Å². The molecular formula is C18H32O16. The van der Waals surface area contributed by atoms with Crippen molar-refractivity contribution in [2.75, 3.05) is 19.8 Å². The first-order valence-electron chi connectivity index (χ1n) is 10.6. The van der Waals surface area contributed by atoms with Crippen molar-refractivity contribution in [3.63, 3.8) is 0 Å². The summed E-state index contributed by atoms with van der Waals surface area (Å²) in [7, 11) is 0.